The summed E-state index contributed by atoms with van der Waals surface area (Å²) >= 11 is 0. The Morgan fingerprint density at radius 1 is 1.25 bits per heavy atom. The SMILES string of the molecule is CCN(CC)S(=O)(=O)N1CCc2c(nc([C@H]3CCN(C(C)=O)C3)nc2NC)C1. The highest BCUT2D eigenvalue weighted by Crippen LogP contribution is 2.31. The minimum atomic E-state index is -3.51. The Morgan fingerprint density at radius 2 is 1.96 bits per heavy atom. The molecule has 1 N–H and O–H groups in total. The first-order valence-corrected chi connectivity index (χ1v) is 11.3. The molecule has 3 heterocycles. The van der Waals surface area contributed by atoms with Crippen molar-refractivity contribution in [3.05, 3.63) is 17.1 Å². The molecule has 0 aliphatic carbocycles. The van der Waals surface area contributed by atoms with E-state index in [2.05, 4.69) is 5.32 Å². The topological polar surface area (TPSA) is 98.7 Å². The van der Waals surface area contributed by atoms with Gasteiger partial charge in [-0.3, -0.25) is 4.79 Å². The third kappa shape index (κ3) is 3.85. The van der Waals surface area contributed by atoms with Crippen molar-refractivity contribution in [3.63, 3.8) is 0 Å². The highest BCUT2D eigenvalue weighted by atomic mass is 32.2. The highest BCUT2D eigenvalue weighted by Gasteiger charge is 2.34. The maximum atomic E-state index is 12.9. The van der Waals surface area contributed by atoms with Crippen molar-refractivity contribution < 1.29 is 13.2 Å². The molecule has 1 aromatic rings. The summed E-state index contributed by atoms with van der Waals surface area (Å²) in [4.78, 5) is 22.9. The zero-order chi connectivity index (χ0) is 20.5. The van der Waals surface area contributed by atoms with Crippen LogP contribution in [-0.2, 0) is 28.0 Å². The summed E-state index contributed by atoms with van der Waals surface area (Å²) in [6.45, 7) is 8.15. The van der Waals surface area contributed by atoms with Gasteiger partial charge in [0.1, 0.15) is 11.6 Å². The first-order valence-electron chi connectivity index (χ1n) is 9.89. The van der Waals surface area contributed by atoms with Gasteiger partial charge >= 0.3 is 0 Å². The van der Waals surface area contributed by atoms with Crippen LogP contribution in [0.15, 0.2) is 0 Å². The molecule has 1 fully saturated rings. The average Bonchev–Trinajstić information content (AvgIpc) is 3.18. The third-order valence-corrected chi connectivity index (χ3v) is 7.77. The number of fused-ring (bicyclic) bond motifs is 1. The Hall–Kier alpha value is -1.78. The molecular weight excluding hydrogens is 380 g/mol. The second kappa shape index (κ2) is 8.30. The number of aromatic nitrogens is 2. The van der Waals surface area contributed by atoms with Crippen molar-refractivity contribution >= 4 is 21.9 Å². The lowest BCUT2D eigenvalue weighted by Crippen LogP contribution is -2.46. The molecule has 1 saturated heterocycles. The summed E-state index contributed by atoms with van der Waals surface area (Å²) in [7, 11) is -1.68. The molecule has 1 atom stereocenters. The van der Waals surface area contributed by atoms with Crippen LogP contribution in [-0.4, -0.2) is 77.6 Å². The van der Waals surface area contributed by atoms with Gasteiger partial charge in [-0.1, -0.05) is 13.8 Å². The van der Waals surface area contributed by atoms with Crippen LogP contribution in [0.25, 0.3) is 0 Å². The number of carbonyl (C=O) groups excluding carboxylic acids is 1. The monoisotopic (exact) mass is 410 g/mol. The van der Waals surface area contributed by atoms with Crippen LogP contribution in [0.2, 0.25) is 0 Å². The molecule has 0 aromatic carbocycles. The van der Waals surface area contributed by atoms with Gasteiger partial charge in [-0.2, -0.15) is 17.0 Å². The Bertz CT molecular complexity index is 840. The molecular formula is C18H30N6O3S. The number of likely N-dealkylation sites (tertiary alicyclic amines) is 1. The molecule has 0 unspecified atom stereocenters. The molecule has 1 amide bonds. The van der Waals surface area contributed by atoms with E-state index in [-0.39, 0.29) is 18.4 Å². The summed E-state index contributed by atoms with van der Waals surface area (Å²) < 4.78 is 28.8. The van der Waals surface area contributed by atoms with Crippen molar-refractivity contribution in [1.29, 1.82) is 0 Å². The third-order valence-electron chi connectivity index (χ3n) is 5.64. The molecule has 0 saturated carbocycles. The van der Waals surface area contributed by atoms with E-state index in [4.69, 9.17) is 9.97 Å². The van der Waals surface area contributed by atoms with Gasteiger partial charge in [-0.05, 0) is 12.8 Å². The van der Waals surface area contributed by atoms with Crippen LogP contribution < -0.4 is 5.32 Å². The van der Waals surface area contributed by atoms with E-state index in [1.54, 1.807) is 6.92 Å². The first kappa shape index (κ1) is 20.9. The standard InChI is InChI=1S/C18H30N6O3S/c1-5-23(6-2)28(26,27)24-10-8-15-16(12-24)20-17(21-18(15)19-4)14-7-9-22(11-14)13(3)25/h14H,5-12H2,1-4H3,(H,19,20,21)/t14-/m0/s1. The number of hydrogen-bond donors (Lipinski definition) is 1. The van der Waals surface area contributed by atoms with Gasteiger partial charge in [-0.15, -0.1) is 0 Å². The Morgan fingerprint density at radius 3 is 2.54 bits per heavy atom. The minimum Gasteiger partial charge on any atom is -0.373 e. The summed E-state index contributed by atoms with van der Waals surface area (Å²) in [5.74, 6) is 1.59. The van der Waals surface area contributed by atoms with Crippen LogP contribution in [0, 0.1) is 0 Å². The lowest BCUT2D eigenvalue weighted by Gasteiger charge is -2.32. The van der Waals surface area contributed by atoms with Gasteiger partial charge in [0.2, 0.25) is 5.91 Å². The number of rotatable bonds is 6. The summed E-state index contributed by atoms with van der Waals surface area (Å²) in [5.41, 5.74) is 1.75. The lowest BCUT2D eigenvalue weighted by molar-refractivity contribution is -0.127. The second-order valence-electron chi connectivity index (χ2n) is 7.23. The number of hydrogen-bond acceptors (Lipinski definition) is 6. The molecule has 2 aliphatic heterocycles. The van der Waals surface area contributed by atoms with Crippen molar-refractivity contribution in [2.75, 3.05) is 45.1 Å². The Labute approximate surface area is 167 Å². The number of anilines is 1. The van der Waals surface area contributed by atoms with Crippen LogP contribution in [0.1, 0.15) is 50.2 Å². The summed E-state index contributed by atoms with van der Waals surface area (Å²) in [6.07, 6.45) is 1.40. The molecule has 0 bridgehead atoms. The van der Waals surface area contributed by atoms with E-state index in [0.29, 0.717) is 45.0 Å². The maximum Gasteiger partial charge on any atom is 0.282 e. The van der Waals surface area contributed by atoms with E-state index in [1.165, 1.54) is 8.61 Å². The molecule has 0 spiro atoms. The second-order valence-corrected chi connectivity index (χ2v) is 9.16. The fourth-order valence-corrected chi connectivity index (χ4v) is 5.57. The van der Waals surface area contributed by atoms with Crippen LogP contribution in [0.3, 0.4) is 0 Å². The quantitative estimate of drug-likeness (QED) is 0.745. The fraction of sp³-hybridized carbons (Fsp3) is 0.722. The van der Waals surface area contributed by atoms with Gasteiger partial charge in [0.25, 0.3) is 10.2 Å². The zero-order valence-electron chi connectivity index (χ0n) is 17.1. The molecule has 3 rings (SSSR count). The Kier molecular flexibility index (Phi) is 6.21. The normalized spacial score (nSPS) is 20.5. The van der Waals surface area contributed by atoms with E-state index in [1.807, 2.05) is 25.8 Å². The van der Waals surface area contributed by atoms with Crippen LogP contribution in [0.5, 0.6) is 0 Å². The summed E-state index contributed by atoms with van der Waals surface area (Å²) in [5, 5.41) is 3.14. The average molecular weight is 411 g/mol. The molecule has 2 aliphatic rings. The van der Waals surface area contributed by atoms with Crippen molar-refractivity contribution in [2.45, 2.75) is 46.1 Å². The molecule has 28 heavy (non-hydrogen) atoms. The van der Waals surface area contributed by atoms with Gasteiger partial charge in [0.05, 0.1) is 12.2 Å². The van der Waals surface area contributed by atoms with Gasteiger partial charge in [0, 0.05) is 58.2 Å². The van der Waals surface area contributed by atoms with E-state index < -0.39 is 10.2 Å². The van der Waals surface area contributed by atoms with Crippen LogP contribution >= 0.6 is 0 Å². The largest absolute Gasteiger partial charge is 0.373 e. The van der Waals surface area contributed by atoms with Crippen molar-refractivity contribution in [3.8, 4) is 0 Å². The maximum absolute atomic E-state index is 12.9. The van der Waals surface area contributed by atoms with E-state index >= 15 is 0 Å². The molecule has 0 radical (unpaired) electrons. The van der Waals surface area contributed by atoms with Crippen molar-refractivity contribution in [1.82, 2.24) is 23.5 Å². The first-order chi connectivity index (χ1) is 13.3. The van der Waals surface area contributed by atoms with Gasteiger partial charge in [0.15, 0.2) is 0 Å². The lowest BCUT2D eigenvalue weighted by atomic mass is 10.0. The van der Waals surface area contributed by atoms with E-state index in [0.717, 1.165) is 23.5 Å². The van der Waals surface area contributed by atoms with Crippen LogP contribution in [0.4, 0.5) is 5.82 Å². The zero-order valence-corrected chi connectivity index (χ0v) is 17.9. The molecule has 10 heteroatoms. The number of carbonyl (C=O) groups is 1. The molecule has 1 aromatic heterocycles. The number of nitrogens with zero attached hydrogens (tertiary/aromatic N) is 5. The smallest absolute Gasteiger partial charge is 0.282 e. The minimum absolute atomic E-state index is 0.0609. The summed E-state index contributed by atoms with van der Waals surface area (Å²) in [6, 6.07) is 0. The molecule has 156 valence electrons. The van der Waals surface area contributed by atoms with E-state index in [9.17, 15) is 13.2 Å². The number of nitrogens with one attached hydrogen (secondary N) is 1. The Balaban J connectivity index is 1.90. The highest BCUT2D eigenvalue weighted by molar-refractivity contribution is 7.86. The fourth-order valence-electron chi connectivity index (χ4n) is 3.98. The van der Waals surface area contributed by atoms with Gasteiger partial charge < -0.3 is 10.2 Å². The predicted molar refractivity (Wildman–Crippen MR) is 107 cm³/mol. The van der Waals surface area contributed by atoms with Crippen molar-refractivity contribution in [2.24, 2.45) is 0 Å². The number of amides is 1. The molecule has 9 nitrogen and oxygen atoms in total. The predicted octanol–water partition coefficient (Wildman–Crippen LogP) is 0.799. The van der Waals surface area contributed by atoms with Gasteiger partial charge in [-0.25, -0.2) is 9.97 Å².